The van der Waals surface area contributed by atoms with Gasteiger partial charge in [0, 0.05) is 0 Å². The molecule has 0 aliphatic carbocycles. The highest BCUT2D eigenvalue weighted by atomic mass is 19.4. The minimum absolute atomic E-state index is 0.0664. The SMILES string of the molecule is O=C1CNN(Cc2cccc(C(F)(F)F)c2)C(=O)N1. The number of nitrogens with zero attached hydrogens (tertiary/aromatic N) is 1. The van der Waals surface area contributed by atoms with Crippen molar-refractivity contribution < 1.29 is 22.8 Å². The number of carbonyl (C=O) groups is 2. The molecule has 0 radical (unpaired) electrons. The molecule has 1 saturated heterocycles. The summed E-state index contributed by atoms with van der Waals surface area (Å²) < 4.78 is 37.6. The molecule has 1 aromatic rings. The quantitative estimate of drug-likeness (QED) is 0.852. The average molecular weight is 273 g/mol. The van der Waals surface area contributed by atoms with Crippen LogP contribution in [-0.2, 0) is 17.5 Å². The molecule has 2 rings (SSSR count). The van der Waals surface area contributed by atoms with Crippen LogP contribution < -0.4 is 10.7 Å². The van der Waals surface area contributed by atoms with Gasteiger partial charge in [-0.1, -0.05) is 12.1 Å². The lowest BCUT2D eigenvalue weighted by atomic mass is 10.1. The number of imide groups is 1. The van der Waals surface area contributed by atoms with E-state index in [0.717, 1.165) is 17.1 Å². The Morgan fingerprint density at radius 2 is 2.00 bits per heavy atom. The largest absolute Gasteiger partial charge is 0.416 e. The van der Waals surface area contributed by atoms with Gasteiger partial charge >= 0.3 is 12.2 Å². The predicted octanol–water partition coefficient (Wildman–Crippen LogP) is 1.26. The van der Waals surface area contributed by atoms with Crippen LogP contribution in [0.2, 0.25) is 0 Å². The third-order valence-electron chi connectivity index (χ3n) is 2.52. The van der Waals surface area contributed by atoms with Crippen LogP contribution in [0, 0.1) is 0 Å². The van der Waals surface area contributed by atoms with Gasteiger partial charge in [0.15, 0.2) is 0 Å². The predicted molar refractivity (Wildman–Crippen MR) is 58.5 cm³/mol. The second-order valence-corrected chi connectivity index (χ2v) is 3.97. The molecule has 102 valence electrons. The summed E-state index contributed by atoms with van der Waals surface area (Å²) in [5.41, 5.74) is 2.05. The van der Waals surface area contributed by atoms with E-state index in [9.17, 15) is 22.8 Å². The first-order valence-corrected chi connectivity index (χ1v) is 5.37. The third-order valence-corrected chi connectivity index (χ3v) is 2.52. The number of nitrogens with one attached hydrogen (secondary N) is 2. The highest BCUT2D eigenvalue weighted by molar-refractivity contribution is 5.97. The molecule has 1 aliphatic rings. The monoisotopic (exact) mass is 273 g/mol. The number of halogens is 3. The van der Waals surface area contributed by atoms with Crippen LogP contribution in [0.1, 0.15) is 11.1 Å². The van der Waals surface area contributed by atoms with Crippen LogP contribution in [0.15, 0.2) is 24.3 Å². The van der Waals surface area contributed by atoms with Crippen LogP contribution in [0.5, 0.6) is 0 Å². The maximum absolute atomic E-state index is 12.5. The molecular formula is C11H10F3N3O2. The normalized spacial score (nSPS) is 16.5. The van der Waals surface area contributed by atoms with Gasteiger partial charge in [-0.2, -0.15) is 13.2 Å². The molecule has 0 unspecified atom stereocenters. The number of hydrogen-bond acceptors (Lipinski definition) is 3. The minimum atomic E-state index is -4.43. The zero-order valence-corrected chi connectivity index (χ0v) is 9.62. The molecule has 1 aromatic carbocycles. The van der Waals surface area contributed by atoms with Crippen molar-refractivity contribution in [1.29, 1.82) is 0 Å². The number of benzene rings is 1. The summed E-state index contributed by atoms with van der Waals surface area (Å²) in [4.78, 5) is 22.3. The highest BCUT2D eigenvalue weighted by Crippen LogP contribution is 2.29. The summed E-state index contributed by atoms with van der Waals surface area (Å²) in [6.45, 7) is -0.159. The molecule has 3 amide bonds. The van der Waals surface area contributed by atoms with E-state index in [1.54, 1.807) is 0 Å². The zero-order valence-electron chi connectivity index (χ0n) is 9.62. The molecule has 0 spiro atoms. The molecule has 1 aliphatic heterocycles. The molecule has 8 heteroatoms. The van der Waals surface area contributed by atoms with Gasteiger partial charge in [0.25, 0.3) is 0 Å². The number of hydrogen-bond donors (Lipinski definition) is 2. The first-order valence-electron chi connectivity index (χ1n) is 5.37. The van der Waals surface area contributed by atoms with Crippen LogP contribution in [-0.4, -0.2) is 23.5 Å². The number of urea groups is 1. The number of amides is 3. The lowest BCUT2D eigenvalue weighted by Crippen LogP contribution is -2.58. The summed E-state index contributed by atoms with van der Waals surface area (Å²) in [6, 6.07) is 3.97. The van der Waals surface area contributed by atoms with Crippen molar-refractivity contribution in [2.45, 2.75) is 12.7 Å². The fourth-order valence-electron chi connectivity index (χ4n) is 1.63. The maximum Gasteiger partial charge on any atom is 0.416 e. The van der Waals surface area contributed by atoms with Gasteiger partial charge in [0.2, 0.25) is 5.91 Å². The number of alkyl halides is 3. The van der Waals surface area contributed by atoms with E-state index in [1.165, 1.54) is 12.1 Å². The van der Waals surface area contributed by atoms with Crippen molar-refractivity contribution in [1.82, 2.24) is 15.8 Å². The molecule has 0 bridgehead atoms. The van der Waals surface area contributed by atoms with Gasteiger partial charge in [-0.3, -0.25) is 15.1 Å². The fourth-order valence-corrected chi connectivity index (χ4v) is 1.63. The van der Waals surface area contributed by atoms with Crippen LogP contribution >= 0.6 is 0 Å². The van der Waals surface area contributed by atoms with Crippen molar-refractivity contribution in [3.05, 3.63) is 35.4 Å². The third kappa shape index (κ3) is 3.22. The minimum Gasteiger partial charge on any atom is -0.276 e. The summed E-state index contributed by atoms with van der Waals surface area (Å²) in [6.07, 6.45) is -4.43. The van der Waals surface area contributed by atoms with Crippen LogP contribution in [0.25, 0.3) is 0 Å². The summed E-state index contributed by atoms with van der Waals surface area (Å²) >= 11 is 0. The van der Waals surface area contributed by atoms with Gasteiger partial charge in [-0.15, -0.1) is 0 Å². The van der Waals surface area contributed by atoms with Gasteiger partial charge in [0.05, 0.1) is 18.7 Å². The average Bonchev–Trinajstić information content (AvgIpc) is 2.32. The molecule has 5 nitrogen and oxygen atoms in total. The molecule has 19 heavy (non-hydrogen) atoms. The van der Waals surface area contributed by atoms with E-state index in [2.05, 4.69) is 10.7 Å². The molecular weight excluding hydrogens is 263 g/mol. The standard InChI is InChI=1S/C11H10F3N3O2/c12-11(13,14)8-3-1-2-7(4-8)6-17-10(19)16-9(18)5-15-17/h1-4,15H,5-6H2,(H,16,18,19). The van der Waals surface area contributed by atoms with E-state index in [1.807, 2.05) is 0 Å². The first-order chi connectivity index (χ1) is 8.86. The van der Waals surface area contributed by atoms with Crippen molar-refractivity contribution in [2.24, 2.45) is 0 Å². The molecule has 0 aromatic heterocycles. The Morgan fingerprint density at radius 1 is 1.26 bits per heavy atom. The van der Waals surface area contributed by atoms with E-state index in [0.29, 0.717) is 5.56 Å². The Hall–Kier alpha value is -2.09. The molecule has 2 N–H and O–H groups in total. The number of carbonyl (C=O) groups excluding carboxylic acids is 2. The lowest BCUT2D eigenvalue weighted by molar-refractivity contribution is -0.137. The first kappa shape index (κ1) is 13.3. The second-order valence-electron chi connectivity index (χ2n) is 3.97. The Labute approximate surface area is 106 Å². The highest BCUT2D eigenvalue weighted by Gasteiger charge is 2.31. The van der Waals surface area contributed by atoms with E-state index < -0.39 is 23.7 Å². The number of rotatable bonds is 2. The second kappa shape index (κ2) is 4.88. The van der Waals surface area contributed by atoms with Crippen molar-refractivity contribution in [2.75, 3.05) is 6.54 Å². The fraction of sp³-hybridized carbons (Fsp3) is 0.273. The summed E-state index contributed by atoms with van der Waals surface area (Å²) in [5, 5.41) is 3.11. The van der Waals surface area contributed by atoms with Gasteiger partial charge < -0.3 is 0 Å². The Kier molecular flexibility index (Phi) is 3.43. The van der Waals surface area contributed by atoms with Gasteiger partial charge in [0.1, 0.15) is 0 Å². The Bertz CT molecular complexity index is 516. The Balaban J connectivity index is 2.11. The lowest BCUT2D eigenvalue weighted by Gasteiger charge is -2.27. The zero-order chi connectivity index (χ0) is 14.0. The van der Waals surface area contributed by atoms with Gasteiger partial charge in [-0.25, -0.2) is 10.2 Å². The van der Waals surface area contributed by atoms with Crippen molar-refractivity contribution in [3.8, 4) is 0 Å². The van der Waals surface area contributed by atoms with Crippen LogP contribution in [0.4, 0.5) is 18.0 Å². The van der Waals surface area contributed by atoms with Gasteiger partial charge in [-0.05, 0) is 17.7 Å². The number of hydrazine groups is 1. The molecule has 1 fully saturated rings. The summed E-state index contributed by atoms with van der Waals surface area (Å²) in [7, 11) is 0. The molecule has 0 atom stereocenters. The van der Waals surface area contributed by atoms with Crippen LogP contribution in [0.3, 0.4) is 0 Å². The van der Waals surface area contributed by atoms with Crippen molar-refractivity contribution in [3.63, 3.8) is 0 Å². The van der Waals surface area contributed by atoms with E-state index >= 15 is 0 Å². The topological polar surface area (TPSA) is 61.4 Å². The molecule has 1 heterocycles. The van der Waals surface area contributed by atoms with E-state index in [-0.39, 0.29) is 13.1 Å². The van der Waals surface area contributed by atoms with E-state index in [4.69, 9.17) is 0 Å². The maximum atomic E-state index is 12.5. The van der Waals surface area contributed by atoms with Crippen molar-refractivity contribution >= 4 is 11.9 Å². The smallest absolute Gasteiger partial charge is 0.276 e. The summed E-state index contributed by atoms with van der Waals surface area (Å²) in [5.74, 6) is -0.481. The molecule has 0 saturated carbocycles. The Morgan fingerprint density at radius 3 is 2.63 bits per heavy atom.